The molecule has 0 spiro atoms. The fraction of sp³-hybridized carbons (Fsp3) is 0.778. The Morgan fingerprint density at radius 3 is 2.65 bits per heavy atom. The van der Waals surface area contributed by atoms with Crippen molar-refractivity contribution >= 4 is 11.9 Å². The van der Waals surface area contributed by atoms with Crippen molar-refractivity contribution in [2.75, 3.05) is 7.11 Å². The molecule has 8 heteroatoms. The van der Waals surface area contributed by atoms with Crippen LogP contribution in [0, 0.1) is 5.41 Å². The van der Waals surface area contributed by atoms with Crippen molar-refractivity contribution in [2.24, 2.45) is 10.5 Å². The van der Waals surface area contributed by atoms with Gasteiger partial charge in [-0.05, 0) is 18.4 Å². The summed E-state index contributed by atoms with van der Waals surface area (Å²) in [5.74, 6) is -2.22. The standard InChI is InChI=1S/C9H13N3O5/c1-17-8(16)9(7(14)15)3-2-5(11-12-10)6(13)4-9/h5-6,13H,2-4H2,1H3,(H,14,15)/t5-,6-,9-/m1/s1. The van der Waals surface area contributed by atoms with Crippen LogP contribution in [-0.4, -0.2) is 41.4 Å². The van der Waals surface area contributed by atoms with Gasteiger partial charge in [0.1, 0.15) is 0 Å². The number of aliphatic hydroxyl groups excluding tert-OH is 1. The van der Waals surface area contributed by atoms with E-state index in [9.17, 15) is 14.7 Å². The van der Waals surface area contributed by atoms with Crippen LogP contribution >= 0.6 is 0 Å². The SMILES string of the molecule is COC(=O)[C@]1(C(=O)O)CC[C@@H](N=[N+]=[N-])[C@H](O)C1. The van der Waals surface area contributed by atoms with Gasteiger partial charge in [0.25, 0.3) is 0 Å². The highest BCUT2D eigenvalue weighted by Gasteiger charge is 2.52. The number of methoxy groups -OCH3 is 1. The highest BCUT2D eigenvalue weighted by Crippen LogP contribution is 2.39. The summed E-state index contributed by atoms with van der Waals surface area (Å²) in [6.07, 6.45) is -1.35. The van der Waals surface area contributed by atoms with E-state index in [2.05, 4.69) is 14.8 Å². The largest absolute Gasteiger partial charge is 0.480 e. The topological polar surface area (TPSA) is 133 Å². The van der Waals surface area contributed by atoms with Crippen LogP contribution in [0.25, 0.3) is 10.4 Å². The van der Waals surface area contributed by atoms with Crippen LogP contribution in [0.1, 0.15) is 19.3 Å². The number of carboxylic acids is 1. The van der Waals surface area contributed by atoms with Gasteiger partial charge in [-0.25, -0.2) is 0 Å². The van der Waals surface area contributed by atoms with Crippen LogP contribution < -0.4 is 0 Å². The van der Waals surface area contributed by atoms with Crippen LogP contribution in [0.3, 0.4) is 0 Å². The predicted molar refractivity (Wildman–Crippen MR) is 54.9 cm³/mol. The number of aliphatic hydroxyl groups is 1. The number of carbonyl (C=O) groups excluding carboxylic acids is 1. The van der Waals surface area contributed by atoms with Crippen molar-refractivity contribution in [3.05, 3.63) is 10.4 Å². The first-order valence-corrected chi connectivity index (χ1v) is 5.02. The number of nitrogens with zero attached hydrogens (tertiary/aromatic N) is 3. The van der Waals surface area contributed by atoms with Crippen LogP contribution in [0.2, 0.25) is 0 Å². The Morgan fingerprint density at radius 1 is 1.59 bits per heavy atom. The Morgan fingerprint density at radius 2 is 2.24 bits per heavy atom. The van der Waals surface area contributed by atoms with Crippen molar-refractivity contribution in [3.63, 3.8) is 0 Å². The minimum Gasteiger partial charge on any atom is -0.480 e. The van der Waals surface area contributed by atoms with E-state index in [1.165, 1.54) is 0 Å². The van der Waals surface area contributed by atoms with Gasteiger partial charge in [-0.3, -0.25) is 9.59 Å². The van der Waals surface area contributed by atoms with E-state index in [0.717, 1.165) is 7.11 Å². The van der Waals surface area contributed by atoms with Crippen molar-refractivity contribution in [1.29, 1.82) is 0 Å². The van der Waals surface area contributed by atoms with Gasteiger partial charge in [0.15, 0.2) is 5.41 Å². The summed E-state index contributed by atoms with van der Waals surface area (Å²) in [5.41, 5.74) is 6.53. The summed E-state index contributed by atoms with van der Waals surface area (Å²) in [4.78, 5) is 25.3. The van der Waals surface area contributed by atoms with E-state index in [0.29, 0.717) is 0 Å². The van der Waals surface area contributed by atoms with Gasteiger partial charge in [0.2, 0.25) is 0 Å². The van der Waals surface area contributed by atoms with Crippen molar-refractivity contribution < 1.29 is 24.5 Å². The fourth-order valence-electron chi connectivity index (χ4n) is 2.05. The number of azide groups is 1. The zero-order valence-electron chi connectivity index (χ0n) is 9.24. The lowest BCUT2D eigenvalue weighted by Gasteiger charge is -2.36. The van der Waals surface area contributed by atoms with Crippen molar-refractivity contribution in [2.45, 2.75) is 31.4 Å². The summed E-state index contributed by atoms with van der Waals surface area (Å²) >= 11 is 0. The second-order valence-corrected chi connectivity index (χ2v) is 3.96. The average molecular weight is 243 g/mol. The lowest BCUT2D eigenvalue weighted by molar-refractivity contribution is -0.173. The number of carboxylic acid groups (broad SMARTS) is 1. The number of hydrogen-bond acceptors (Lipinski definition) is 5. The van der Waals surface area contributed by atoms with Crippen LogP contribution in [0.5, 0.6) is 0 Å². The molecule has 94 valence electrons. The van der Waals surface area contributed by atoms with Gasteiger partial charge in [-0.15, -0.1) is 0 Å². The third kappa shape index (κ3) is 2.32. The molecular weight excluding hydrogens is 230 g/mol. The molecule has 0 unspecified atom stereocenters. The number of rotatable bonds is 3. The Kier molecular flexibility index (Phi) is 3.93. The van der Waals surface area contributed by atoms with Crippen LogP contribution in [-0.2, 0) is 14.3 Å². The molecule has 0 aromatic rings. The number of hydrogen-bond donors (Lipinski definition) is 2. The molecule has 1 rings (SSSR count). The van der Waals surface area contributed by atoms with Crippen LogP contribution in [0.15, 0.2) is 5.11 Å². The number of ether oxygens (including phenoxy) is 1. The summed E-state index contributed by atoms with van der Waals surface area (Å²) in [7, 11) is 1.10. The maximum absolute atomic E-state index is 11.5. The molecule has 2 N–H and O–H groups in total. The van der Waals surface area contributed by atoms with E-state index in [1.807, 2.05) is 0 Å². The maximum atomic E-state index is 11.5. The van der Waals surface area contributed by atoms with E-state index in [4.69, 9.17) is 10.6 Å². The second kappa shape index (κ2) is 5.03. The first-order valence-electron chi connectivity index (χ1n) is 5.02. The first kappa shape index (κ1) is 13.3. The molecule has 8 nitrogen and oxygen atoms in total. The molecule has 0 aromatic heterocycles. The molecule has 17 heavy (non-hydrogen) atoms. The molecule has 1 saturated carbocycles. The Labute approximate surface area is 96.8 Å². The molecule has 0 saturated heterocycles. The van der Waals surface area contributed by atoms with Crippen molar-refractivity contribution in [3.8, 4) is 0 Å². The zero-order valence-corrected chi connectivity index (χ0v) is 9.24. The number of esters is 1. The van der Waals surface area contributed by atoms with Gasteiger partial charge >= 0.3 is 11.9 Å². The van der Waals surface area contributed by atoms with Gasteiger partial charge in [0.05, 0.1) is 19.3 Å². The quantitative estimate of drug-likeness (QED) is 0.244. The lowest BCUT2D eigenvalue weighted by Crippen LogP contribution is -2.49. The van der Waals surface area contributed by atoms with E-state index >= 15 is 0 Å². The molecule has 0 heterocycles. The van der Waals surface area contributed by atoms with E-state index in [-0.39, 0.29) is 19.3 Å². The van der Waals surface area contributed by atoms with Crippen LogP contribution in [0.4, 0.5) is 0 Å². The Hall–Kier alpha value is -1.79. The van der Waals surface area contributed by atoms with Gasteiger partial charge in [-0.1, -0.05) is 5.11 Å². The van der Waals surface area contributed by atoms with Gasteiger partial charge in [-0.2, -0.15) is 0 Å². The molecule has 1 aliphatic carbocycles. The summed E-state index contributed by atoms with van der Waals surface area (Å²) in [5, 5.41) is 22.2. The molecule has 1 fully saturated rings. The minimum absolute atomic E-state index is 0.0181. The predicted octanol–water partition coefficient (Wildman–Crippen LogP) is 0.454. The average Bonchev–Trinajstić information content (AvgIpc) is 2.30. The van der Waals surface area contributed by atoms with Crippen molar-refractivity contribution in [1.82, 2.24) is 0 Å². The van der Waals surface area contributed by atoms with E-state index in [1.54, 1.807) is 0 Å². The Bertz CT molecular complexity index is 379. The summed E-state index contributed by atoms with van der Waals surface area (Å²) in [6.45, 7) is 0. The molecule has 1 aliphatic rings. The molecule has 0 aromatic carbocycles. The summed E-state index contributed by atoms with van der Waals surface area (Å²) < 4.78 is 4.46. The fourth-order valence-corrected chi connectivity index (χ4v) is 2.05. The summed E-state index contributed by atoms with van der Waals surface area (Å²) in [6, 6.07) is -0.697. The molecule has 0 radical (unpaired) electrons. The third-order valence-corrected chi connectivity index (χ3v) is 3.05. The lowest BCUT2D eigenvalue weighted by atomic mass is 9.71. The van der Waals surface area contributed by atoms with E-state index < -0.39 is 29.5 Å². The highest BCUT2D eigenvalue weighted by molar-refractivity contribution is 5.99. The molecular formula is C9H13N3O5. The number of aliphatic carboxylic acids is 1. The molecule has 0 aliphatic heterocycles. The second-order valence-electron chi connectivity index (χ2n) is 3.96. The first-order chi connectivity index (χ1) is 7.97. The number of carbonyl (C=O) groups is 2. The monoisotopic (exact) mass is 243 g/mol. The third-order valence-electron chi connectivity index (χ3n) is 3.05. The zero-order chi connectivity index (χ0) is 13.1. The van der Waals surface area contributed by atoms with Gasteiger partial charge < -0.3 is 14.9 Å². The Balaban J connectivity index is 2.96. The maximum Gasteiger partial charge on any atom is 0.323 e. The molecule has 3 atom stereocenters. The molecule has 0 bridgehead atoms. The minimum atomic E-state index is -1.74. The smallest absolute Gasteiger partial charge is 0.323 e. The highest BCUT2D eigenvalue weighted by atomic mass is 16.5. The molecule has 0 amide bonds. The van der Waals surface area contributed by atoms with Gasteiger partial charge in [0, 0.05) is 11.3 Å². The normalized spacial score (nSPS) is 32.4.